The molecular formula is C10H19N3OS3. The molecular weight excluding hydrogens is 274 g/mol. The summed E-state index contributed by atoms with van der Waals surface area (Å²) in [4.78, 5) is 0. The Balaban J connectivity index is 1.93. The number of nitrogens with zero attached hydrogens (tertiary/aromatic N) is 2. The Hall–Kier alpha value is 0.180. The predicted molar refractivity (Wildman–Crippen MR) is 76.4 cm³/mol. The number of ether oxygens (including phenoxy) is 1. The van der Waals surface area contributed by atoms with Crippen molar-refractivity contribution >= 4 is 34.9 Å². The maximum absolute atomic E-state index is 5.26. The molecule has 0 aliphatic heterocycles. The van der Waals surface area contributed by atoms with Crippen LogP contribution in [-0.2, 0) is 4.74 Å². The van der Waals surface area contributed by atoms with Crippen LogP contribution in [0.15, 0.2) is 8.68 Å². The molecule has 0 aromatic carbocycles. The quantitative estimate of drug-likeness (QED) is 0.528. The minimum Gasteiger partial charge on any atom is -0.382 e. The molecule has 1 rings (SSSR count). The highest BCUT2D eigenvalue weighted by atomic mass is 32.2. The van der Waals surface area contributed by atoms with Crippen LogP contribution < -0.4 is 5.32 Å². The maximum atomic E-state index is 5.26. The van der Waals surface area contributed by atoms with Crippen LogP contribution in [0.3, 0.4) is 0 Å². The number of hydrogen-bond acceptors (Lipinski definition) is 7. The van der Waals surface area contributed by atoms with Gasteiger partial charge in [-0.15, -0.1) is 10.2 Å². The van der Waals surface area contributed by atoms with E-state index in [2.05, 4.69) is 15.5 Å². The molecule has 1 aromatic heterocycles. The predicted octanol–water partition coefficient (Wildman–Crippen LogP) is 2.37. The van der Waals surface area contributed by atoms with E-state index in [-0.39, 0.29) is 0 Å². The molecule has 0 spiro atoms. The lowest BCUT2D eigenvalue weighted by Crippen LogP contribution is -2.19. The Kier molecular flexibility index (Phi) is 9.08. The second-order valence-electron chi connectivity index (χ2n) is 3.19. The van der Waals surface area contributed by atoms with E-state index in [9.17, 15) is 0 Å². The lowest BCUT2D eigenvalue weighted by Gasteiger charge is -2.03. The van der Waals surface area contributed by atoms with E-state index in [4.69, 9.17) is 4.74 Å². The fraction of sp³-hybridized carbons (Fsp3) is 0.800. The molecule has 1 heterocycles. The van der Waals surface area contributed by atoms with Gasteiger partial charge < -0.3 is 10.1 Å². The molecule has 0 bridgehead atoms. The van der Waals surface area contributed by atoms with E-state index in [1.165, 1.54) is 0 Å². The Bertz CT molecular complexity index is 296. The van der Waals surface area contributed by atoms with Gasteiger partial charge in [0, 0.05) is 25.5 Å². The fourth-order valence-electron chi connectivity index (χ4n) is 1.12. The van der Waals surface area contributed by atoms with Crippen LogP contribution in [-0.4, -0.2) is 48.5 Å². The third-order valence-corrected chi connectivity index (χ3v) is 4.95. The molecule has 98 valence electrons. The molecule has 0 fully saturated rings. The molecule has 0 saturated heterocycles. The Morgan fingerprint density at radius 2 is 2.12 bits per heavy atom. The highest BCUT2D eigenvalue weighted by Crippen LogP contribution is 2.26. The number of nitrogens with one attached hydrogen (secondary N) is 1. The summed E-state index contributed by atoms with van der Waals surface area (Å²) in [5, 5.41) is 11.6. The van der Waals surface area contributed by atoms with Crippen LogP contribution in [0, 0.1) is 0 Å². The monoisotopic (exact) mass is 293 g/mol. The first-order valence-corrected chi connectivity index (χ1v) is 8.68. The summed E-state index contributed by atoms with van der Waals surface area (Å²) >= 11 is 5.07. The van der Waals surface area contributed by atoms with Crippen LogP contribution in [0.4, 0.5) is 0 Å². The summed E-state index contributed by atoms with van der Waals surface area (Å²) in [5.41, 5.74) is 0. The van der Waals surface area contributed by atoms with E-state index in [0.29, 0.717) is 0 Å². The van der Waals surface area contributed by atoms with Gasteiger partial charge in [0.15, 0.2) is 8.68 Å². The van der Waals surface area contributed by atoms with Crippen LogP contribution in [0.25, 0.3) is 0 Å². The lowest BCUT2D eigenvalue weighted by atomic mass is 10.4. The average molecular weight is 293 g/mol. The van der Waals surface area contributed by atoms with E-state index in [1.54, 1.807) is 34.9 Å². The average Bonchev–Trinajstić information content (AvgIpc) is 2.80. The van der Waals surface area contributed by atoms with E-state index in [0.717, 1.165) is 47.2 Å². The second kappa shape index (κ2) is 10.1. The van der Waals surface area contributed by atoms with Crippen molar-refractivity contribution in [1.29, 1.82) is 0 Å². The van der Waals surface area contributed by atoms with E-state index in [1.807, 2.05) is 13.2 Å². The fourth-order valence-corrected chi connectivity index (χ4v) is 3.52. The van der Waals surface area contributed by atoms with Crippen LogP contribution >= 0.6 is 34.9 Å². The summed E-state index contributed by atoms with van der Waals surface area (Å²) in [5.74, 6) is 1.04. The molecule has 0 radical (unpaired) electrons. The second-order valence-corrected chi connectivity index (χ2v) is 6.56. The van der Waals surface area contributed by atoms with Crippen molar-refractivity contribution < 1.29 is 4.74 Å². The largest absolute Gasteiger partial charge is 0.382 e. The topological polar surface area (TPSA) is 47.0 Å². The maximum Gasteiger partial charge on any atom is 0.175 e. The zero-order valence-corrected chi connectivity index (χ0v) is 12.7. The number of rotatable bonds is 10. The van der Waals surface area contributed by atoms with Gasteiger partial charge in [-0.2, -0.15) is 0 Å². The van der Waals surface area contributed by atoms with Crippen molar-refractivity contribution in [3.63, 3.8) is 0 Å². The summed E-state index contributed by atoms with van der Waals surface area (Å²) in [6, 6.07) is 0. The number of hydrogen-bond donors (Lipinski definition) is 1. The van der Waals surface area contributed by atoms with Crippen LogP contribution in [0.5, 0.6) is 0 Å². The zero-order chi connectivity index (χ0) is 12.3. The summed E-state index contributed by atoms with van der Waals surface area (Å²) < 4.78 is 7.36. The minimum atomic E-state index is 0.810. The normalized spacial score (nSPS) is 10.9. The molecule has 1 N–H and O–H groups in total. The molecule has 0 atom stereocenters. The van der Waals surface area contributed by atoms with Gasteiger partial charge in [0.1, 0.15) is 0 Å². The van der Waals surface area contributed by atoms with Gasteiger partial charge in [-0.3, -0.25) is 0 Å². The van der Waals surface area contributed by atoms with Gasteiger partial charge in [0.25, 0.3) is 0 Å². The van der Waals surface area contributed by atoms with Gasteiger partial charge in [-0.1, -0.05) is 34.9 Å². The van der Waals surface area contributed by atoms with Crippen molar-refractivity contribution in [1.82, 2.24) is 15.5 Å². The van der Waals surface area contributed by atoms with E-state index < -0.39 is 0 Å². The molecule has 4 nitrogen and oxygen atoms in total. The molecule has 0 unspecified atom stereocenters. The van der Waals surface area contributed by atoms with Crippen LogP contribution in [0.1, 0.15) is 13.3 Å². The van der Waals surface area contributed by atoms with Crippen molar-refractivity contribution in [3.8, 4) is 0 Å². The van der Waals surface area contributed by atoms with Gasteiger partial charge in [0.2, 0.25) is 0 Å². The molecule has 0 aliphatic rings. The number of aromatic nitrogens is 2. The summed E-state index contributed by atoms with van der Waals surface area (Å²) in [7, 11) is 0. The Morgan fingerprint density at radius 3 is 2.82 bits per heavy atom. The highest BCUT2D eigenvalue weighted by Gasteiger charge is 2.02. The van der Waals surface area contributed by atoms with E-state index >= 15 is 0 Å². The first-order chi connectivity index (χ1) is 8.36. The third-order valence-electron chi connectivity index (χ3n) is 1.91. The zero-order valence-electron chi connectivity index (χ0n) is 10.3. The molecule has 1 aromatic rings. The first-order valence-electron chi connectivity index (χ1n) is 5.65. The van der Waals surface area contributed by atoms with Crippen molar-refractivity contribution in [3.05, 3.63) is 0 Å². The standard InChI is InChI=1S/C10H19N3OS3/c1-3-14-7-4-5-11-6-8-16-10-13-12-9(15-2)17-10/h11H,3-8H2,1-2H3. The first kappa shape index (κ1) is 15.2. The lowest BCUT2D eigenvalue weighted by molar-refractivity contribution is 0.145. The van der Waals surface area contributed by atoms with Crippen molar-refractivity contribution in [2.45, 2.75) is 22.0 Å². The Labute approximate surface area is 115 Å². The molecule has 0 saturated carbocycles. The van der Waals surface area contributed by atoms with Gasteiger partial charge >= 0.3 is 0 Å². The molecule has 17 heavy (non-hydrogen) atoms. The SMILES string of the molecule is CCOCCCNCCSc1nnc(SC)s1. The molecule has 7 heteroatoms. The van der Waals surface area contributed by atoms with Gasteiger partial charge in [0.05, 0.1) is 0 Å². The van der Waals surface area contributed by atoms with Gasteiger partial charge in [-0.05, 0) is 26.1 Å². The third kappa shape index (κ3) is 7.25. The molecule has 0 amide bonds. The molecule has 0 aliphatic carbocycles. The van der Waals surface area contributed by atoms with Gasteiger partial charge in [-0.25, -0.2) is 0 Å². The summed E-state index contributed by atoms with van der Waals surface area (Å²) in [6.45, 7) is 5.71. The Morgan fingerprint density at radius 1 is 1.29 bits per heavy atom. The van der Waals surface area contributed by atoms with Crippen LogP contribution in [0.2, 0.25) is 0 Å². The highest BCUT2D eigenvalue weighted by molar-refractivity contribution is 8.02. The van der Waals surface area contributed by atoms with Crippen molar-refractivity contribution in [2.24, 2.45) is 0 Å². The minimum absolute atomic E-state index is 0.810. The smallest absolute Gasteiger partial charge is 0.175 e. The summed E-state index contributed by atoms with van der Waals surface area (Å²) in [6.07, 6.45) is 3.10. The number of thioether (sulfide) groups is 2. The van der Waals surface area contributed by atoms with Crippen molar-refractivity contribution in [2.75, 3.05) is 38.3 Å².